The molecule has 0 heterocycles. The highest BCUT2D eigenvalue weighted by molar-refractivity contribution is 6.65. The fourth-order valence-corrected chi connectivity index (χ4v) is 0.538. The van der Waals surface area contributed by atoms with Gasteiger partial charge in [0, 0.05) is 10.7 Å². The van der Waals surface area contributed by atoms with Crippen LogP contribution in [-0.2, 0) is 4.79 Å². The molecule has 0 bridgehead atoms. The summed E-state index contributed by atoms with van der Waals surface area (Å²) in [6.45, 7) is -0.850. The van der Waals surface area contributed by atoms with E-state index in [1.54, 1.807) is 0 Å². The summed E-state index contributed by atoms with van der Waals surface area (Å²) in [5.74, 6) is 0. The number of hydrogen-bond donors (Lipinski definition) is 0. The van der Waals surface area contributed by atoms with E-state index < -0.39 is 28.0 Å². The maximum absolute atomic E-state index is 11.9. The first-order chi connectivity index (χ1) is 5.30. The van der Waals surface area contributed by atoms with Crippen molar-refractivity contribution >= 4 is 16.8 Å². The number of hydrogen-bond acceptors (Lipinski definition) is 3. The molecule has 1 unspecified atom stereocenters. The van der Waals surface area contributed by atoms with Gasteiger partial charge in [0.05, 0.1) is 6.54 Å². The minimum absolute atomic E-state index is 0.606. The quantitative estimate of drug-likeness (QED) is 0.399. The molecule has 1 atom stereocenters. The maximum Gasteiger partial charge on any atom is 0.248 e. The molecule has 72 valence electrons. The third-order valence-corrected chi connectivity index (χ3v) is 1.63. The molecule has 0 radical (unpaired) electrons. The summed E-state index contributed by atoms with van der Waals surface area (Å²) in [5, 5.41) is -4.73. The lowest BCUT2D eigenvalue weighted by molar-refractivity contribution is -0.254. The zero-order valence-electron chi connectivity index (χ0n) is 5.90. The van der Waals surface area contributed by atoms with Gasteiger partial charge in [0.15, 0.2) is 5.54 Å². The normalized spacial score (nSPS) is 16.7. The van der Waals surface area contributed by atoms with Crippen LogP contribution in [0.1, 0.15) is 6.92 Å². The van der Waals surface area contributed by atoms with Crippen LogP contribution in [0.3, 0.4) is 0 Å². The lowest BCUT2D eigenvalue weighted by atomic mass is 10.1. The van der Waals surface area contributed by atoms with Gasteiger partial charge in [-0.3, -0.25) is 4.79 Å². The molecule has 0 spiro atoms. The van der Waals surface area contributed by atoms with Crippen molar-refractivity contribution in [2.45, 2.75) is 12.5 Å². The van der Waals surface area contributed by atoms with Crippen LogP contribution < -0.4 is 0 Å². The minimum Gasteiger partial charge on any atom is -0.279 e. The molecule has 0 aliphatic heterocycles. The predicted octanol–water partition coefficient (Wildman–Crippen LogP) is 1.65. The topological polar surface area (TPSA) is 23.6 Å². The SMILES string of the molecule is CC(CN(F)F)(C(=O)Cl)N(F)F. The van der Waals surface area contributed by atoms with E-state index in [-0.39, 0.29) is 0 Å². The van der Waals surface area contributed by atoms with Gasteiger partial charge in [0.1, 0.15) is 0 Å². The summed E-state index contributed by atoms with van der Waals surface area (Å²) in [6.07, 6.45) is 0. The Balaban J connectivity index is 4.51. The summed E-state index contributed by atoms with van der Waals surface area (Å²) < 4.78 is 46.8. The molecular formula is C4H5ClF4N2O. The number of halogens is 5. The summed E-state index contributed by atoms with van der Waals surface area (Å²) in [5.41, 5.74) is -2.68. The van der Waals surface area contributed by atoms with Gasteiger partial charge < -0.3 is 0 Å². The molecule has 0 saturated heterocycles. The second-order valence-electron chi connectivity index (χ2n) is 2.24. The van der Waals surface area contributed by atoms with E-state index in [0.29, 0.717) is 6.92 Å². The summed E-state index contributed by atoms with van der Waals surface area (Å²) in [6, 6.07) is 0. The third-order valence-electron chi connectivity index (χ3n) is 1.22. The average Bonchev–Trinajstić information content (AvgIpc) is 1.84. The second kappa shape index (κ2) is 4.01. The molecule has 0 saturated carbocycles. The largest absolute Gasteiger partial charge is 0.279 e. The van der Waals surface area contributed by atoms with Crippen LogP contribution in [0.5, 0.6) is 0 Å². The lowest BCUT2D eigenvalue weighted by Crippen LogP contribution is -2.48. The molecule has 8 heteroatoms. The zero-order valence-corrected chi connectivity index (χ0v) is 6.66. The Morgan fingerprint density at radius 2 is 1.83 bits per heavy atom. The number of carbonyl (C=O) groups is 1. The second-order valence-corrected chi connectivity index (χ2v) is 2.58. The van der Waals surface area contributed by atoms with Crippen molar-refractivity contribution in [3.8, 4) is 0 Å². The first-order valence-electron chi connectivity index (χ1n) is 2.71. The molecule has 0 aromatic heterocycles. The Kier molecular flexibility index (Phi) is 3.88. The van der Waals surface area contributed by atoms with Gasteiger partial charge in [0.25, 0.3) is 0 Å². The average molecular weight is 209 g/mol. The number of nitrogens with zero attached hydrogens (tertiary/aromatic N) is 2. The van der Waals surface area contributed by atoms with Crippen molar-refractivity contribution in [2.24, 2.45) is 0 Å². The van der Waals surface area contributed by atoms with E-state index in [1.165, 1.54) is 0 Å². The van der Waals surface area contributed by atoms with Crippen molar-refractivity contribution in [3.63, 3.8) is 0 Å². The van der Waals surface area contributed by atoms with Crippen LogP contribution in [0.2, 0.25) is 0 Å². The number of carbonyl (C=O) groups excluding carboxylic acids is 1. The molecular weight excluding hydrogens is 204 g/mol. The van der Waals surface area contributed by atoms with Crippen LogP contribution in [0, 0.1) is 0 Å². The lowest BCUT2D eigenvalue weighted by Gasteiger charge is -2.23. The highest BCUT2D eigenvalue weighted by atomic mass is 35.5. The van der Waals surface area contributed by atoms with Crippen molar-refractivity contribution in [1.29, 1.82) is 0 Å². The Morgan fingerprint density at radius 1 is 1.42 bits per heavy atom. The van der Waals surface area contributed by atoms with Gasteiger partial charge in [-0.15, -0.1) is 17.9 Å². The van der Waals surface area contributed by atoms with E-state index in [2.05, 4.69) is 0 Å². The maximum atomic E-state index is 11.9. The highest BCUT2D eigenvalue weighted by Gasteiger charge is 2.43. The van der Waals surface area contributed by atoms with Crippen molar-refractivity contribution in [2.75, 3.05) is 6.54 Å². The van der Waals surface area contributed by atoms with E-state index in [4.69, 9.17) is 11.6 Å². The molecule has 0 aromatic carbocycles. The van der Waals surface area contributed by atoms with Gasteiger partial charge in [-0.2, -0.15) is 0 Å². The number of rotatable bonds is 4. The molecule has 0 aliphatic carbocycles. The smallest absolute Gasteiger partial charge is 0.248 e. The van der Waals surface area contributed by atoms with Crippen molar-refractivity contribution in [3.05, 3.63) is 0 Å². The first kappa shape index (κ1) is 11.6. The Labute approximate surface area is 70.2 Å². The van der Waals surface area contributed by atoms with Gasteiger partial charge in [-0.25, -0.2) is 0 Å². The molecule has 3 nitrogen and oxygen atoms in total. The molecule has 0 rings (SSSR count). The fraction of sp³-hybridized carbons (Fsp3) is 0.750. The van der Waals surface area contributed by atoms with Gasteiger partial charge in [-0.1, -0.05) is 0 Å². The summed E-state index contributed by atoms with van der Waals surface area (Å²) in [4.78, 5) is 10.3. The summed E-state index contributed by atoms with van der Waals surface area (Å²) in [7, 11) is 0. The Bertz CT molecular complexity index is 178. The highest BCUT2D eigenvalue weighted by Crippen LogP contribution is 2.21. The van der Waals surface area contributed by atoms with Crippen molar-refractivity contribution in [1.82, 2.24) is 10.7 Å². The van der Waals surface area contributed by atoms with Crippen LogP contribution >= 0.6 is 11.6 Å². The van der Waals surface area contributed by atoms with Crippen LogP contribution in [0.4, 0.5) is 17.9 Å². The monoisotopic (exact) mass is 208 g/mol. The van der Waals surface area contributed by atoms with Gasteiger partial charge in [-0.05, 0) is 18.5 Å². The minimum atomic E-state index is -2.68. The third kappa shape index (κ3) is 2.58. The Hall–Kier alpha value is -0.400. The van der Waals surface area contributed by atoms with E-state index in [1.807, 2.05) is 0 Å². The van der Waals surface area contributed by atoms with Gasteiger partial charge >= 0.3 is 0 Å². The van der Waals surface area contributed by atoms with Crippen LogP contribution in [-0.4, -0.2) is 28.0 Å². The molecule has 12 heavy (non-hydrogen) atoms. The van der Waals surface area contributed by atoms with Crippen molar-refractivity contribution < 1.29 is 22.7 Å². The summed E-state index contributed by atoms with van der Waals surface area (Å²) >= 11 is 4.70. The predicted molar refractivity (Wildman–Crippen MR) is 32.2 cm³/mol. The molecule has 0 aliphatic rings. The molecule has 0 aromatic rings. The van der Waals surface area contributed by atoms with E-state index in [0.717, 1.165) is 0 Å². The van der Waals surface area contributed by atoms with Crippen LogP contribution in [0.25, 0.3) is 0 Å². The zero-order chi connectivity index (χ0) is 9.94. The standard InChI is InChI=1S/C4H5ClF4N2O/c1-4(3(5)12,11(8)9)2-10(6)7/h2H2,1H3. The molecule has 0 N–H and O–H groups in total. The Morgan fingerprint density at radius 3 is 1.92 bits per heavy atom. The fourth-order valence-electron chi connectivity index (χ4n) is 0.415. The van der Waals surface area contributed by atoms with E-state index >= 15 is 0 Å². The van der Waals surface area contributed by atoms with E-state index in [9.17, 15) is 22.7 Å². The molecule has 0 fully saturated rings. The van der Waals surface area contributed by atoms with Gasteiger partial charge in [0.2, 0.25) is 5.24 Å². The van der Waals surface area contributed by atoms with Crippen LogP contribution in [0.15, 0.2) is 0 Å². The molecule has 0 amide bonds. The first-order valence-corrected chi connectivity index (χ1v) is 3.09.